The molecule has 1 aromatic rings. The largest absolute Gasteiger partial charge is 0.368 e. The first-order chi connectivity index (χ1) is 10.1. The summed E-state index contributed by atoms with van der Waals surface area (Å²) >= 11 is 6.05. The number of benzene rings is 1. The van der Waals surface area contributed by atoms with Gasteiger partial charge in [-0.2, -0.15) is 0 Å². The number of halogens is 1. The van der Waals surface area contributed by atoms with Crippen molar-refractivity contribution in [3.05, 3.63) is 35.4 Å². The SMILES string of the molecule is CC1(C)CN(CC2CCCc3ccccc32)CC(CCl)O1. The molecule has 0 amide bonds. The molecule has 3 rings (SSSR count). The van der Waals surface area contributed by atoms with Gasteiger partial charge in [0.15, 0.2) is 0 Å². The number of fused-ring (bicyclic) bond motifs is 1. The van der Waals surface area contributed by atoms with Gasteiger partial charge in [0, 0.05) is 25.5 Å². The molecule has 0 aromatic heterocycles. The molecule has 2 aliphatic rings. The maximum atomic E-state index is 6.05. The Bertz CT molecular complexity index is 488. The Kier molecular flexibility index (Phi) is 4.58. The fourth-order valence-corrected chi connectivity index (χ4v) is 4.15. The molecule has 0 spiro atoms. The fraction of sp³-hybridized carbons (Fsp3) is 0.667. The van der Waals surface area contributed by atoms with Gasteiger partial charge in [0.25, 0.3) is 0 Å². The van der Waals surface area contributed by atoms with Gasteiger partial charge in [-0.1, -0.05) is 24.3 Å². The molecule has 0 radical (unpaired) electrons. The fourth-order valence-electron chi connectivity index (χ4n) is 3.99. The highest BCUT2D eigenvalue weighted by atomic mass is 35.5. The van der Waals surface area contributed by atoms with Crippen molar-refractivity contribution < 1.29 is 4.74 Å². The van der Waals surface area contributed by atoms with Gasteiger partial charge in [-0.05, 0) is 50.2 Å². The smallest absolute Gasteiger partial charge is 0.0844 e. The van der Waals surface area contributed by atoms with Crippen LogP contribution in [-0.2, 0) is 11.2 Å². The standard InChI is InChI=1S/C18H26ClNO/c1-18(2)13-20(12-16(10-19)21-18)11-15-8-5-7-14-6-3-4-9-17(14)15/h3-4,6,9,15-16H,5,7-8,10-13H2,1-2H3. The molecule has 2 atom stereocenters. The van der Waals surface area contributed by atoms with E-state index in [1.54, 1.807) is 11.1 Å². The van der Waals surface area contributed by atoms with Gasteiger partial charge < -0.3 is 4.74 Å². The molecule has 0 saturated carbocycles. The van der Waals surface area contributed by atoms with Crippen LogP contribution in [0.2, 0.25) is 0 Å². The van der Waals surface area contributed by atoms with E-state index in [1.807, 2.05) is 0 Å². The summed E-state index contributed by atoms with van der Waals surface area (Å²) in [6.45, 7) is 7.45. The second kappa shape index (κ2) is 6.28. The first-order valence-corrected chi connectivity index (χ1v) is 8.65. The molecule has 1 aliphatic carbocycles. The second-order valence-corrected chi connectivity index (χ2v) is 7.44. The summed E-state index contributed by atoms with van der Waals surface area (Å²) in [5.41, 5.74) is 3.03. The zero-order valence-corrected chi connectivity index (χ0v) is 13.9. The van der Waals surface area contributed by atoms with Crippen molar-refractivity contribution in [1.29, 1.82) is 0 Å². The predicted molar refractivity (Wildman–Crippen MR) is 88.2 cm³/mol. The average Bonchev–Trinajstić information content (AvgIpc) is 2.46. The molecule has 2 unspecified atom stereocenters. The number of rotatable bonds is 3. The van der Waals surface area contributed by atoms with Crippen molar-refractivity contribution in [1.82, 2.24) is 4.90 Å². The molecular weight excluding hydrogens is 282 g/mol. The van der Waals surface area contributed by atoms with E-state index in [-0.39, 0.29) is 11.7 Å². The van der Waals surface area contributed by atoms with E-state index >= 15 is 0 Å². The lowest BCUT2D eigenvalue weighted by Gasteiger charge is -2.44. The van der Waals surface area contributed by atoms with Gasteiger partial charge in [-0.3, -0.25) is 4.90 Å². The molecule has 0 bridgehead atoms. The van der Waals surface area contributed by atoms with Crippen LogP contribution in [0.3, 0.4) is 0 Å². The molecule has 0 N–H and O–H groups in total. The summed E-state index contributed by atoms with van der Waals surface area (Å²) in [4.78, 5) is 2.56. The summed E-state index contributed by atoms with van der Waals surface area (Å²) in [5, 5.41) is 0. The van der Waals surface area contributed by atoms with Gasteiger partial charge in [0.05, 0.1) is 11.7 Å². The molecule has 2 nitrogen and oxygen atoms in total. The Labute approximate surface area is 133 Å². The van der Waals surface area contributed by atoms with Crippen LogP contribution in [0.1, 0.15) is 43.7 Å². The first-order valence-electron chi connectivity index (χ1n) is 8.11. The van der Waals surface area contributed by atoms with Crippen molar-refractivity contribution in [2.75, 3.05) is 25.5 Å². The third kappa shape index (κ3) is 3.61. The zero-order chi connectivity index (χ0) is 14.9. The van der Waals surface area contributed by atoms with Crippen LogP contribution < -0.4 is 0 Å². The van der Waals surface area contributed by atoms with Gasteiger partial charge in [-0.15, -0.1) is 11.6 Å². The van der Waals surface area contributed by atoms with Gasteiger partial charge in [0.2, 0.25) is 0 Å². The molecular formula is C18H26ClNO. The average molecular weight is 308 g/mol. The lowest BCUT2D eigenvalue weighted by molar-refractivity contribution is -0.128. The predicted octanol–water partition coefficient (Wildman–Crippen LogP) is 3.82. The summed E-state index contributed by atoms with van der Waals surface area (Å²) < 4.78 is 6.04. The van der Waals surface area contributed by atoms with E-state index < -0.39 is 0 Å². The summed E-state index contributed by atoms with van der Waals surface area (Å²) in [7, 11) is 0. The van der Waals surface area contributed by atoms with E-state index in [0.717, 1.165) is 19.6 Å². The number of ether oxygens (including phenoxy) is 1. The van der Waals surface area contributed by atoms with Crippen LogP contribution in [0.5, 0.6) is 0 Å². The highest BCUT2D eigenvalue weighted by Gasteiger charge is 2.34. The molecule has 3 heteroatoms. The van der Waals surface area contributed by atoms with E-state index in [4.69, 9.17) is 16.3 Å². The van der Waals surface area contributed by atoms with Crippen LogP contribution in [0.25, 0.3) is 0 Å². The monoisotopic (exact) mass is 307 g/mol. The molecule has 1 fully saturated rings. The molecule has 21 heavy (non-hydrogen) atoms. The van der Waals surface area contributed by atoms with E-state index in [2.05, 4.69) is 43.0 Å². The van der Waals surface area contributed by atoms with Crippen molar-refractivity contribution in [2.45, 2.75) is 50.7 Å². The number of alkyl halides is 1. The van der Waals surface area contributed by atoms with Crippen molar-refractivity contribution in [3.63, 3.8) is 0 Å². The Hall–Kier alpha value is -0.570. The lowest BCUT2D eigenvalue weighted by atomic mass is 9.82. The number of nitrogens with zero attached hydrogens (tertiary/aromatic N) is 1. The van der Waals surface area contributed by atoms with Crippen LogP contribution in [0.4, 0.5) is 0 Å². The summed E-state index contributed by atoms with van der Waals surface area (Å²) in [6, 6.07) is 8.97. The molecule has 1 aromatic carbocycles. The Morgan fingerprint density at radius 1 is 1.33 bits per heavy atom. The second-order valence-electron chi connectivity index (χ2n) is 7.14. The minimum atomic E-state index is -0.0913. The van der Waals surface area contributed by atoms with Crippen molar-refractivity contribution in [2.24, 2.45) is 0 Å². The van der Waals surface area contributed by atoms with Gasteiger partial charge in [0.1, 0.15) is 0 Å². The summed E-state index contributed by atoms with van der Waals surface area (Å²) in [6.07, 6.45) is 4.02. The lowest BCUT2D eigenvalue weighted by Crippen LogP contribution is -2.54. The number of hydrogen-bond acceptors (Lipinski definition) is 2. The van der Waals surface area contributed by atoms with E-state index in [1.165, 1.54) is 19.3 Å². The molecule has 1 aliphatic heterocycles. The molecule has 116 valence electrons. The van der Waals surface area contributed by atoms with E-state index in [9.17, 15) is 0 Å². The Balaban J connectivity index is 1.72. The highest BCUT2D eigenvalue weighted by molar-refractivity contribution is 6.18. The third-order valence-electron chi connectivity index (χ3n) is 4.70. The number of hydrogen-bond donors (Lipinski definition) is 0. The van der Waals surface area contributed by atoms with Crippen molar-refractivity contribution in [3.8, 4) is 0 Å². The number of aryl methyl sites for hydroxylation is 1. The van der Waals surface area contributed by atoms with Crippen LogP contribution in [0, 0.1) is 0 Å². The van der Waals surface area contributed by atoms with Crippen molar-refractivity contribution >= 4 is 11.6 Å². The molecule has 1 heterocycles. The Morgan fingerprint density at radius 2 is 2.14 bits per heavy atom. The van der Waals surface area contributed by atoms with Gasteiger partial charge in [-0.25, -0.2) is 0 Å². The topological polar surface area (TPSA) is 12.5 Å². The van der Waals surface area contributed by atoms with Crippen LogP contribution in [0.15, 0.2) is 24.3 Å². The minimum Gasteiger partial charge on any atom is -0.368 e. The van der Waals surface area contributed by atoms with Crippen LogP contribution in [-0.4, -0.2) is 42.1 Å². The van der Waals surface area contributed by atoms with Gasteiger partial charge >= 0.3 is 0 Å². The quantitative estimate of drug-likeness (QED) is 0.787. The highest BCUT2D eigenvalue weighted by Crippen LogP contribution is 2.33. The zero-order valence-electron chi connectivity index (χ0n) is 13.1. The summed E-state index contributed by atoms with van der Waals surface area (Å²) in [5.74, 6) is 1.25. The Morgan fingerprint density at radius 3 is 2.95 bits per heavy atom. The van der Waals surface area contributed by atoms with E-state index in [0.29, 0.717) is 11.8 Å². The maximum absolute atomic E-state index is 6.05. The third-order valence-corrected chi connectivity index (χ3v) is 5.04. The first kappa shape index (κ1) is 15.3. The molecule has 1 saturated heterocycles. The normalized spacial score (nSPS) is 29.1. The minimum absolute atomic E-state index is 0.0913. The number of morpholine rings is 1. The van der Waals surface area contributed by atoms with Crippen LogP contribution >= 0.6 is 11.6 Å². The maximum Gasteiger partial charge on any atom is 0.0844 e.